The van der Waals surface area contributed by atoms with Crippen molar-refractivity contribution in [3.63, 3.8) is 0 Å². The van der Waals surface area contributed by atoms with Crippen molar-refractivity contribution in [3.8, 4) is 0 Å². The van der Waals surface area contributed by atoms with E-state index in [9.17, 15) is 9.59 Å². The first-order valence-corrected chi connectivity index (χ1v) is 8.05. The number of aryl methyl sites for hydroxylation is 1. The van der Waals surface area contributed by atoms with Crippen molar-refractivity contribution in [3.05, 3.63) is 96.1 Å². The molecule has 0 aliphatic rings. The molecule has 3 nitrogen and oxygen atoms in total. The minimum absolute atomic E-state index is 0.105. The maximum absolute atomic E-state index is 13.0. The Balaban J connectivity index is 2.50. The summed E-state index contributed by atoms with van der Waals surface area (Å²) in [4.78, 5) is 25.1. The van der Waals surface area contributed by atoms with Gasteiger partial charge >= 0.3 is 5.97 Å². The third kappa shape index (κ3) is 4.13. The summed E-state index contributed by atoms with van der Waals surface area (Å²) in [6, 6.07) is 16.7. The molecule has 128 valence electrons. The molecule has 2 aromatic carbocycles. The molecule has 0 saturated carbocycles. The molecule has 0 bridgehead atoms. The van der Waals surface area contributed by atoms with Gasteiger partial charge in [-0.15, -0.1) is 6.58 Å². The van der Waals surface area contributed by atoms with Gasteiger partial charge in [0.15, 0.2) is 5.78 Å². The van der Waals surface area contributed by atoms with E-state index in [1.165, 1.54) is 7.11 Å². The Kier molecular flexibility index (Phi) is 6.07. The molecule has 0 saturated heterocycles. The Morgan fingerprint density at radius 3 is 2.16 bits per heavy atom. The minimum atomic E-state index is -0.614. The summed E-state index contributed by atoms with van der Waals surface area (Å²) in [6.07, 6.45) is 1.58. The van der Waals surface area contributed by atoms with Crippen LogP contribution in [0.2, 0.25) is 0 Å². The molecular formula is C22H22O3. The Morgan fingerprint density at radius 2 is 1.64 bits per heavy atom. The summed E-state index contributed by atoms with van der Waals surface area (Å²) in [5, 5.41) is 0. The Hall–Kier alpha value is -2.94. The number of benzene rings is 2. The largest absolute Gasteiger partial charge is 0.466 e. The van der Waals surface area contributed by atoms with Gasteiger partial charge in [-0.25, -0.2) is 4.79 Å². The van der Waals surface area contributed by atoms with Crippen molar-refractivity contribution < 1.29 is 14.3 Å². The fourth-order valence-corrected chi connectivity index (χ4v) is 2.85. The standard InChI is InChI=1S/C22H22O3/c1-5-19(21(23)18-9-7-6-8-10-18)20(16(3)22(24)25-4)17-13-11-15(2)12-14-17/h5-14,19-20H,1,3H2,2,4H3/t19-,20-/m0/s1. The number of carbonyl (C=O) groups excluding carboxylic acids is 2. The number of carbonyl (C=O) groups is 2. The summed E-state index contributed by atoms with van der Waals surface area (Å²) in [7, 11) is 1.31. The minimum Gasteiger partial charge on any atom is -0.466 e. The van der Waals surface area contributed by atoms with Gasteiger partial charge in [-0.05, 0) is 12.5 Å². The van der Waals surface area contributed by atoms with E-state index in [4.69, 9.17) is 4.74 Å². The molecule has 25 heavy (non-hydrogen) atoms. The van der Waals surface area contributed by atoms with Gasteiger partial charge in [0.05, 0.1) is 13.0 Å². The third-order valence-electron chi connectivity index (χ3n) is 4.23. The van der Waals surface area contributed by atoms with Crippen LogP contribution in [0.3, 0.4) is 0 Å². The van der Waals surface area contributed by atoms with Gasteiger partial charge in [0.25, 0.3) is 0 Å². The molecule has 3 heteroatoms. The average molecular weight is 334 g/mol. The molecular weight excluding hydrogens is 312 g/mol. The lowest BCUT2D eigenvalue weighted by molar-refractivity contribution is -0.136. The van der Waals surface area contributed by atoms with Crippen LogP contribution < -0.4 is 0 Å². The van der Waals surface area contributed by atoms with Gasteiger partial charge in [-0.3, -0.25) is 4.79 Å². The summed E-state index contributed by atoms with van der Waals surface area (Å²) in [6.45, 7) is 9.70. The van der Waals surface area contributed by atoms with E-state index in [1.807, 2.05) is 49.4 Å². The number of hydrogen-bond acceptors (Lipinski definition) is 3. The summed E-state index contributed by atoms with van der Waals surface area (Å²) >= 11 is 0. The van der Waals surface area contributed by atoms with Gasteiger partial charge in [0, 0.05) is 17.1 Å². The molecule has 0 N–H and O–H groups in total. The van der Waals surface area contributed by atoms with E-state index in [0.717, 1.165) is 11.1 Å². The zero-order valence-electron chi connectivity index (χ0n) is 14.6. The van der Waals surface area contributed by atoms with E-state index < -0.39 is 17.8 Å². The molecule has 0 fully saturated rings. The van der Waals surface area contributed by atoms with Crippen LogP contribution in [0.4, 0.5) is 0 Å². The second kappa shape index (κ2) is 8.25. The highest BCUT2D eigenvalue weighted by Crippen LogP contribution is 2.35. The van der Waals surface area contributed by atoms with Gasteiger partial charge in [-0.2, -0.15) is 0 Å². The molecule has 0 unspecified atom stereocenters. The highest BCUT2D eigenvalue weighted by Gasteiger charge is 2.33. The van der Waals surface area contributed by atoms with E-state index in [0.29, 0.717) is 5.56 Å². The normalized spacial score (nSPS) is 12.7. The number of rotatable bonds is 7. The van der Waals surface area contributed by atoms with E-state index >= 15 is 0 Å². The topological polar surface area (TPSA) is 43.4 Å². The first kappa shape index (κ1) is 18.4. The monoisotopic (exact) mass is 334 g/mol. The lowest BCUT2D eigenvalue weighted by Crippen LogP contribution is -2.25. The maximum atomic E-state index is 13.0. The molecule has 0 heterocycles. The smallest absolute Gasteiger partial charge is 0.333 e. The Labute approximate surface area is 148 Å². The van der Waals surface area contributed by atoms with Crippen LogP contribution in [0.5, 0.6) is 0 Å². The molecule has 0 spiro atoms. The Bertz CT molecular complexity index is 773. The van der Waals surface area contributed by atoms with Crippen molar-refractivity contribution in [2.75, 3.05) is 7.11 Å². The fourth-order valence-electron chi connectivity index (χ4n) is 2.85. The third-order valence-corrected chi connectivity index (χ3v) is 4.23. The number of ether oxygens (including phenoxy) is 1. The van der Waals surface area contributed by atoms with Gasteiger partial charge in [0.2, 0.25) is 0 Å². The number of methoxy groups -OCH3 is 1. The second-order valence-corrected chi connectivity index (χ2v) is 5.90. The van der Waals surface area contributed by atoms with Crippen LogP contribution in [0.25, 0.3) is 0 Å². The van der Waals surface area contributed by atoms with Gasteiger partial charge in [0.1, 0.15) is 0 Å². The average Bonchev–Trinajstić information content (AvgIpc) is 2.66. The van der Waals surface area contributed by atoms with Crippen LogP contribution in [0.15, 0.2) is 79.4 Å². The maximum Gasteiger partial charge on any atom is 0.333 e. The van der Waals surface area contributed by atoms with Crippen LogP contribution in [0, 0.1) is 12.8 Å². The highest BCUT2D eigenvalue weighted by atomic mass is 16.5. The van der Waals surface area contributed by atoms with Crippen molar-refractivity contribution in [1.29, 1.82) is 0 Å². The van der Waals surface area contributed by atoms with Crippen LogP contribution in [-0.2, 0) is 9.53 Å². The van der Waals surface area contributed by atoms with Gasteiger partial charge < -0.3 is 4.74 Å². The zero-order valence-corrected chi connectivity index (χ0v) is 14.6. The van der Waals surface area contributed by atoms with Crippen molar-refractivity contribution >= 4 is 11.8 Å². The number of Topliss-reactive ketones (excluding diaryl/α,β-unsaturated/α-hetero) is 1. The van der Waals surface area contributed by atoms with E-state index in [1.54, 1.807) is 18.2 Å². The molecule has 0 aliphatic heterocycles. The first-order valence-electron chi connectivity index (χ1n) is 8.05. The summed E-state index contributed by atoms with van der Waals surface area (Å²) < 4.78 is 4.83. The van der Waals surface area contributed by atoms with Crippen molar-refractivity contribution in [1.82, 2.24) is 0 Å². The second-order valence-electron chi connectivity index (χ2n) is 5.90. The van der Waals surface area contributed by atoms with Gasteiger partial charge in [-0.1, -0.05) is 72.8 Å². The molecule has 0 aromatic heterocycles. The molecule has 0 amide bonds. The summed E-state index contributed by atoms with van der Waals surface area (Å²) in [5.41, 5.74) is 2.73. The molecule has 2 rings (SSSR count). The van der Waals surface area contributed by atoms with Crippen molar-refractivity contribution in [2.45, 2.75) is 12.8 Å². The molecule has 2 atom stereocenters. The predicted octanol–water partition coefficient (Wildman–Crippen LogP) is 4.49. The fraction of sp³-hybridized carbons (Fsp3) is 0.182. The lowest BCUT2D eigenvalue weighted by Gasteiger charge is -2.25. The number of allylic oxidation sites excluding steroid dienone is 1. The predicted molar refractivity (Wildman–Crippen MR) is 99.5 cm³/mol. The number of hydrogen-bond donors (Lipinski definition) is 0. The number of ketones is 1. The van der Waals surface area contributed by atoms with Crippen molar-refractivity contribution in [2.24, 2.45) is 5.92 Å². The lowest BCUT2D eigenvalue weighted by atomic mass is 9.77. The van der Waals surface area contributed by atoms with E-state index in [-0.39, 0.29) is 11.4 Å². The van der Waals surface area contributed by atoms with Crippen LogP contribution in [-0.4, -0.2) is 18.9 Å². The molecule has 0 radical (unpaired) electrons. The SMILES string of the molecule is C=C[C@H](C(=O)c1ccccc1)[C@@H](C(=C)C(=O)OC)c1ccc(C)cc1. The van der Waals surface area contributed by atoms with Crippen LogP contribution in [0.1, 0.15) is 27.4 Å². The zero-order chi connectivity index (χ0) is 18.4. The number of esters is 1. The Morgan fingerprint density at radius 1 is 1.04 bits per heavy atom. The molecule has 2 aromatic rings. The van der Waals surface area contributed by atoms with E-state index in [2.05, 4.69) is 13.2 Å². The quantitative estimate of drug-likeness (QED) is 0.324. The molecule has 0 aliphatic carbocycles. The summed E-state index contributed by atoms with van der Waals surface area (Å²) in [5.74, 6) is -1.78. The first-order chi connectivity index (χ1) is 12.0. The highest BCUT2D eigenvalue weighted by molar-refractivity contribution is 6.01. The van der Waals surface area contributed by atoms with Crippen LogP contribution >= 0.6 is 0 Å².